The number of aryl methyl sites for hydroxylation is 1. The standard InChI is InChI=1S/C15H14ClN3/c1-10-7-13(9-19-15(10)16)18-8-12-4-2-3-11-5-6-17-14(11)12/h2-7,9,17-18H,8H2,1H3. The fourth-order valence-electron chi connectivity index (χ4n) is 2.15. The summed E-state index contributed by atoms with van der Waals surface area (Å²) in [5, 5.41) is 5.15. The third-order valence-corrected chi connectivity index (χ3v) is 3.57. The van der Waals surface area contributed by atoms with Crippen molar-refractivity contribution >= 4 is 28.2 Å². The Bertz CT molecular complexity index is 718. The lowest BCUT2D eigenvalue weighted by atomic mass is 10.1. The summed E-state index contributed by atoms with van der Waals surface area (Å²) in [6, 6.07) is 10.4. The average molecular weight is 272 g/mol. The van der Waals surface area contributed by atoms with Crippen molar-refractivity contribution in [2.45, 2.75) is 13.5 Å². The van der Waals surface area contributed by atoms with Crippen LogP contribution in [0.5, 0.6) is 0 Å². The second kappa shape index (κ2) is 4.94. The maximum atomic E-state index is 5.92. The molecule has 3 aromatic rings. The van der Waals surface area contributed by atoms with Gasteiger partial charge in [-0.2, -0.15) is 0 Å². The number of aromatic amines is 1. The van der Waals surface area contributed by atoms with Gasteiger partial charge in [-0.1, -0.05) is 29.8 Å². The van der Waals surface area contributed by atoms with Gasteiger partial charge in [0.25, 0.3) is 0 Å². The molecule has 19 heavy (non-hydrogen) atoms. The average Bonchev–Trinajstić information content (AvgIpc) is 2.89. The number of hydrogen-bond donors (Lipinski definition) is 2. The van der Waals surface area contributed by atoms with Crippen molar-refractivity contribution < 1.29 is 0 Å². The highest BCUT2D eigenvalue weighted by atomic mass is 35.5. The Hall–Kier alpha value is -2.00. The van der Waals surface area contributed by atoms with E-state index in [0.29, 0.717) is 5.15 Å². The molecule has 0 aliphatic rings. The molecule has 0 aliphatic heterocycles. The van der Waals surface area contributed by atoms with Crippen molar-refractivity contribution in [3.63, 3.8) is 0 Å². The Morgan fingerprint density at radius 1 is 1.32 bits per heavy atom. The fourth-order valence-corrected chi connectivity index (χ4v) is 2.25. The van der Waals surface area contributed by atoms with Crippen LogP contribution in [0, 0.1) is 6.92 Å². The Labute approximate surface area is 116 Å². The number of H-pyrrole nitrogens is 1. The van der Waals surface area contributed by atoms with Gasteiger partial charge in [-0.15, -0.1) is 0 Å². The number of pyridine rings is 1. The summed E-state index contributed by atoms with van der Waals surface area (Å²) >= 11 is 5.92. The van der Waals surface area contributed by atoms with Crippen molar-refractivity contribution in [3.05, 3.63) is 59.0 Å². The Morgan fingerprint density at radius 3 is 3.05 bits per heavy atom. The zero-order chi connectivity index (χ0) is 13.2. The molecule has 0 radical (unpaired) electrons. The van der Waals surface area contributed by atoms with E-state index >= 15 is 0 Å². The zero-order valence-corrected chi connectivity index (χ0v) is 11.3. The third-order valence-electron chi connectivity index (χ3n) is 3.17. The molecule has 2 aromatic heterocycles. The molecule has 4 heteroatoms. The minimum Gasteiger partial charge on any atom is -0.380 e. The molecule has 0 spiro atoms. The van der Waals surface area contributed by atoms with E-state index in [4.69, 9.17) is 11.6 Å². The summed E-state index contributed by atoms with van der Waals surface area (Å²) in [5.74, 6) is 0. The fraction of sp³-hybridized carbons (Fsp3) is 0.133. The van der Waals surface area contributed by atoms with E-state index in [0.717, 1.165) is 17.8 Å². The van der Waals surface area contributed by atoms with E-state index in [1.54, 1.807) is 6.20 Å². The maximum Gasteiger partial charge on any atom is 0.132 e. The predicted molar refractivity (Wildman–Crippen MR) is 79.6 cm³/mol. The number of fused-ring (bicyclic) bond motifs is 1. The van der Waals surface area contributed by atoms with Crippen molar-refractivity contribution in [1.29, 1.82) is 0 Å². The number of anilines is 1. The molecule has 3 nitrogen and oxygen atoms in total. The number of nitrogens with zero attached hydrogens (tertiary/aromatic N) is 1. The minimum atomic E-state index is 0.553. The predicted octanol–water partition coefficient (Wildman–Crippen LogP) is 4.14. The van der Waals surface area contributed by atoms with Crippen LogP contribution in [-0.4, -0.2) is 9.97 Å². The van der Waals surface area contributed by atoms with Gasteiger partial charge in [-0.05, 0) is 35.6 Å². The second-order valence-corrected chi connectivity index (χ2v) is 4.90. The summed E-state index contributed by atoms with van der Waals surface area (Å²) < 4.78 is 0. The normalized spacial score (nSPS) is 10.8. The van der Waals surface area contributed by atoms with Gasteiger partial charge in [0.2, 0.25) is 0 Å². The lowest BCUT2D eigenvalue weighted by Crippen LogP contribution is -2.01. The molecule has 0 aliphatic carbocycles. The summed E-state index contributed by atoms with van der Waals surface area (Å²) in [6.45, 7) is 2.70. The van der Waals surface area contributed by atoms with Gasteiger partial charge in [-0.25, -0.2) is 4.98 Å². The first-order valence-corrected chi connectivity index (χ1v) is 6.53. The Kier molecular flexibility index (Phi) is 3.13. The Morgan fingerprint density at radius 2 is 2.21 bits per heavy atom. The zero-order valence-electron chi connectivity index (χ0n) is 10.6. The van der Waals surface area contributed by atoms with Crippen LogP contribution < -0.4 is 5.32 Å². The van der Waals surface area contributed by atoms with E-state index < -0.39 is 0 Å². The molecule has 0 fully saturated rings. The summed E-state index contributed by atoms with van der Waals surface area (Å²) in [5.41, 5.74) is 4.36. The topological polar surface area (TPSA) is 40.7 Å². The van der Waals surface area contributed by atoms with Gasteiger partial charge in [0.1, 0.15) is 5.15 Å². The van der Waals surface area contributed by atoms with Gasteiger partial charge in [0.05, 0.1) is 17.4 Å². The van der Waals surface area contributed by atoms with Gasteiger partial charge in [0, 0.05) is 12.7 Å². The van der Waals surface area contributed by atoms with Crippen molar-refractivity contribution in [2.75, 3.05) is 5.32 Å². The smallest absolute Gasteiger partial charge is 0.132 e. The number of halogens is 1. The SMILES string of the molecule is Cc1cc(NCc2cccc3cc[nH]c23)cnc1Cl. The third kappa shape index (κ3) is 2.42. The molecule has 0 amide bonds. The highest BCUT2D eigenvalue weighted by Crippen LogP contribution is 2.20. The molecule has 0 unspecified atom stereocenters. The molecular formula is C15H14ClN3. The number of nitrogens with one attached hydrogen (secondary N) is 2. The summed E-state index contributed by atoms with van der Waals surface area (Å²) in [6.07, 6.45) is 3.71. The van der Waals surface area contributed by atoms with Crippen LogP contribution in [0.1, 0.15) is 11.1 Å². The lowest BCUT2D eigenvalue weighted by Gasteiger charge is -2.08. The van der Waals surface area contributed by atoms with Crippen LogP contribution in [0.3, 0.4) is 0 Å². The van der Waals surface area contributed by atoms with Gasteiger partial charge in [0.15, 0.2) is 0 Å². The van der Waals surface area contributed by atoms with Gasteiger partial charge < -0.3 is 10.3 Å². The number of rotatable bonds is 3. The van der Waals surface area contributed by atoms with Crippen molar-refractivity contribution in [3.8, 4) is 0 Å². The number of aromatic nitrogens is 2. The van der Waals surface area contributed by atoms with E-state index in [2.05, 4.69) is 39.6 Å². The second-order valence-electron chi connectivity index (χ2n) is 4.54. The quantitative estimate of drug-likeness (QED) is 0.703. The molecule has 0 saturated heterocycles. The largest absolute Gasteiger partial charge is 0.380 e. The van der Waals surface area contributed by atoms with Gasteiger partial charge >= 0.3 is 0 Å². The molecule has 2 N–H and O–H groups in total. The van der Waals surface area contributed by atoms with E-state index in [-0.39, 0.29) is 0 Å². The molecule has 96 valence electrons. The number of hydrogen-bond acceptors (Lipinski definition) is 2. The van der Waals surface area contributed by atoms with Crippen LogP contribution in [0.15, 0.2) is 42.7 Å². The van der Waals surface area contributed by atoms with Crippen LogP contribution in [-0.2, 0) is 6.54 Å². The molecule has 1 aromatic carbocycles. The number of benzene rings is 1. The first kappa shape index (κ1) is 12.1. The maximum absolute atomic E-state index is 5.92. The summed E-state index contributed by atoms with van der Waals surface area (Å²) in [7, 11) is 0. The van der Waals surface area contributed by atoms with Crippen molar-refractivity contribution in [1.82, 2.24) is 9.97 Å². The van der Waals surface area contributed by atoms with E-state index in [1.807, 2.05) is 19.2 Å². The molecule has 0 bridgehead atoms. The van der Waals surface area contributed by atoms with Gasteiger partial charge in [-0.3, -0.25) is 0 Å². The lowest BCUT2D eigenvalue weighted by molar-refractivity contribution is 1.14. The summed E-state index contributed by atoms with van der Waals surface area (Å²) in [4.78, 5) is 7.41. The van der Waals surface area contributed by atoms with Crippen LogP contribution in [0.2, 0.25) is 5.15 Å². The first-order valence-electron chi connectivity index (χ1n) is 6.15. The molecular weight excluding hydrogens is 258 g/mol. The van der Waals surface area contributed by atoms with Crippen LogP contribution in [0.25, 0.3) is 10.9 Å². The van der Waals surface area contributed by atoms with E-state index in [9.17, 15) is 0 Å². The molecule has 0 saturated carbocycles. The van der Waals surface area contributed by atoms with Crippen molar-refractivity contribution in [2.24, 2.45) is 0 Å². The van der Waals surface area contributed by atoms with E-state index in [1.165, 1.54) is 16.5 Å². The molecule has 0 atom stereocenters. The minimum absolute atomic E-state index is 0.553. The first-order chi connectivity index (χ1) is 9.24. The highest BCUT2D eigenvalue weighted by molar-refractivity contribution is 6.30. The van der Waals surface area contributed by atoms with Crippen LogP contribution in [0.4, 0.5) is 5.69 Å². The Balaban J connectivity index is 1.82. The molecule has 3 rings (SSSR count). The number of para-hydroxylation sites is 1. The van der Waals surface area contributed by atoms with Crippen LogP contribution >= 0.6 is 11.6 Å². The molecule has 2 heterocycles. The highest BCUT2D eigenvalue weighted by Gasteiger charge is 2.03. The monoisotopic (exact) mass is 271 g/mol.